The first-order valence-electron chi connectivity index (χ1n) is 6.97. The lowest BCUT2D eigenvalue weighted by Gasteiger charge is -2.22. The van der Waals surface area contributed by atoms with Gasteiger partial charge >= 0.3 is 5.97 Å². The van der Waals surface area contributed by atoms with E-state index in [1.807, 2.05) is 4.90 Å². The fourth-order valence-corrected chi connectivity index (χ4v) is 2.01. The summed E-state index contributed by atoms with van der Waals surface area (Å²) in [5, 5.41) is 9.33. The van der Waals surface area contributed by atoms with Gasteiger partial charge in [0.15, 0.2) is 0 Å². The van der Waals surface area contributed by atoms with Gasteiger partial charge in [0.2, 0.25) is 0 Å². The molecule has 0 amide bonds. The number of carbonyl (C=O) groups is 1. The number of carboxylic acids is 1. The minimum atomic E-state index is -0.949. The number of aromatic carboxylic acids is 1. The third-order valence-corrected chi connectivity index (χ3v) is 3.12. The molecule has 4 heteroatoms. The van der Waals surface area contributed by atoms with Crippen molar-refractivity contribution >= 4 is 5.97 Å². The van der Waals surface area contributed by atoms with E-state index in [0.29, 0.717) is 25.3 Å². The van der Waals surface area contributed by atoms with Crippen LogP contribution >= 0.6 is 0 Å². The highest BCUT2D eigenvalue weighted by Crippen LogP contribution is 2.22. The molecular formula is C17H24N2O2. The lowest BCUT2D eigenvalue weighted by molar-refractivity contribution is 0.0694. The summed E-state index contributed by atoms with van der Waals surface area (Å²) in [5.74, 6) is -0.949. The van der Waals surface area contributed by atoms with Crippen LogP contribution < -0.4 is 0 Å². The summed E-state index contributed by atoms with van der Waals surface area (Å²) in [4.78, 5) is 18.0. The molecule has 0 aliphatic heterocycles. The highest BCUT2D eigenvalue weighted by atomic mass is 16.4. The second-order valence-corrected chi connectivity index (χ2v) is 6.02. The Morgan fingerprint density at radius 1 is 1.29 bits per heavy atom. The third-order valence-electron chi connectivity index (χ3n) is 3.12. The monoisotopic (exact) mass is 288 g/mol. The van der Waals surface area contributed by atoms with Crippen LogP contribution in [0.1, 0.15) is 42.5 Å². The molecule has 0 aliphatic carbocycles. The Labute approximate surface area is 126 Å². The molecule has 0 fully saturated rings. The summed E-state index contributed by atoms with van der Waals surface area (Å²) in [6.45, 7) is 15.4. The highest BCUT2D eigenvalue weighted by molar-refractivity contribution is 5.88. The van der Waals surface area contributed by atoms with Crippen molar-refractivity contribution < 1.29 is 9.90 Å². The maximum absolute atomic E-state index is 11.4. The second-order valence-electron chi connectivity index (χ2n) is 6.02. The van der Waals surface area contributed by atoms with Crippen LogP contribution in [0.15, 0.2) is 37.4 Å². The van der Waals surface area contributed by atoms with E-state index < -0.39 is 5.97 Å². The van der Waals surface area contributed by atoms with Gasteiger partial charge in [-0.15, -0.1) is 13.2 Å². The quantitative estimate of drug-likeness (QED) is 0.783. The predicted molar refractivity (Wildman–Crippen MR) is 85.6 cm³/mol. The fraction of sp³-hybridized carbons (Fsp3) is 0.412. The molecule has 1 N–H and O–H groups in total. The van der Waals surface area contributed by atoms with Crippen LogP contribution in [0.3, 0.4) is 0 Å². The Hall–Kier alpha value is -1.94. The summed E-state index contributed by atoms with van der Waals surface area (Å²) in [6, 6.07) is 3.43. The number of carboxylic acid groups (broad SMARTS) is 1. The predicted octanol–water partition coefficient (Wildman–Crippen LogP) is 3.25. The molecule has 0 radical (unpaired) electrons. The number of nitrogens with zero attached hydrogens (tertiary/aromatic N) is 2. The molecule has 0 aromatic carbocycles. The summed E-state index contributed by atoms with van der Waals surface area (Å²) in [7, 11) is 0. The lowest BCUT2D eigenvalue weighted by atomic mass is 9.91. The first kappa shape index (κ1) is 17.1. The van der Waals surface area contributed by atoms with E-state index in [0.717, 1.165) is 5.69 Å². The van der Waals surface area contributed by atoms with Crippen LogP contribution in [0.4, 0.5) is 0 Å². The smallest absolute Gasteiger partial charge is 0.337 e. The van der Waals surface area contributed by atoms with Gasteiger partial charge in [-0.25, -0.2) is 4.79 Å². The zero-order chi connectivity index (χ0) is 16.0. The van der Waals surface area contributed by atoms with E-state index in [1.54, 1.807) is 24.3 Å². The van der Waals surface area contributed by atoms with Gasteiger partial charge in [-0.1, -0.05) is 32.9 Å². The molecule has 1 rings (SSSR count). The Kier molecular flexibility index (Phi) is 5.85. The molecule has 4 nitrogen and oxygen atoms in total. The van der Waals surface area contributed by atoms with E-state index in [2.05, 4.69) is 38.9 Å². The van der Waals surface area contributed by atoms with Crippen molar-refractivity contribution in [3.63, 3.8) is 0 Å². The molecule has 114 valence electrons. The van der Waals surface area contributed by atoms with E-state index in [-0.39, 0.29) is 11.0 Å². The van der Waals surface area contributed by atoms with E-state index in [4.69, 9.17) is 0 Å². The van der Waals surface area contributed by atoms with Gasteiger partial charge in [0.05, 0.1) is 11.3 Å². The number of pyridine rings is 1. The van der Waals surface area contributed by atoms with Crippen molar-refractivity contribution in [2.75, 3.05) is 13.1 Å². The van der Waals surface area contributed by atoms with Gasteiger partial charge in [0.25, 0.3) is 0 Å². The Morgan fingerprint density at radius 3 is 2.29 bits per heavy atom. The third kappa shape index (κ3) is 4.83. The van der Waals surface area contributed by atoms with E-state index in [9.17, 15) is 9.90 Å². The molecule has 0 bridgehead atoms. The maximum atomic E-state index is 11.4. The van der Waals surface area contributed by atoms with Gasteiger partial charge in [-0.2, -0.15) is 0 Å². The van der Waals surface area contributed by atoms with Crippen LogP contribution in [0.5, 0.6) is 0 Å². The highest BCUT2D eigenvalue weighted by Gasteiger charge is 2.20. The molecule has 0 aliphatic rings. The van der Waals surface area contributed by atoms with Crippen LogP contribution in [0.2, 0.25) is 0 Å². The van der Waals surface area contributed by atoms with Crippen molar-refractivity contribution in [1.82, 2.24) is 9.88 Å². The topological polar surface area (TPSA) is 53.4 Å². The van der Waals surface area contributed by atoms with Crippen molar-refractivity contribution in [2.45, 2.75) is 32.7 Å². The first-order chi connectivity index (χ1) is 9.79. The van der Waals surface area contributed by atoms with Crippen LogP contribution in [-0.2, 0) is 12.0 Å². The summed E-state index contributed by atoms with van der Waals surface area (Å²) < 4.78 is 0. The zero-order valence-corrected chi connectivity index (χ0v) is 13.1. The van der Waals surface area contributed by atoms with E-state index >= 15 is 0 Å². The number of aromatic nitrogens is 1. The lowest BCUT2D eigenvalue weighted by Crippen LogP contribution is -2.26. The zero-order valence-electron chi connectivity index (χ0n) is 13.1. The molecule has 1 aromatic rings. The van der Waals surface area contributed by atoms with Crippen LogP contribution in [0.25, 0.3) is 0 Å². The summed E-state index contributed by atoms with van der Waals surface area (Å²) >= 11 is 0. The SMILES string of the molecule is C=CCN(CC=C)Cc1nc(C(C)(C)C)ccc1C(=O)O. The van der Waals surface area contributed by atoms with Crippen molar-refractivity contribution in [3.05, 3.63) is 54.4 Å². The molecular weight excluding hydrogens is 264 g/mol. The number of rotatable bonds is 7. The van der Waals surface area contributed by atoms with Gasteiger partial charge in [0, 0.05) is 30.7 Å². The average Bonchev–Trinajstić information content (AvgIpc) is 2.38. The van der Waals surface area contributed by atoms with Crippen LogP contribution in [0, 0.1) is 0 Å². The Morgan fingerprint density at radius 2 is 1.86 bits per heavy atom. The second kappa shape index (κ2) is 7.18. The molecule has 21 heavy (non-hydrogen) atoms. The van der Waals surface area contributed by atoms with E-state index in [1.165, 1.54) is 0 Å². The van der Waals surface area contributed by atoms with Gasteiger partial charge in [0.1, 0.15) is 0 Å². The average molecular weight is 288 g/mol. The molecule has 0 saturated carbocycles. The summed E-state index contributed by atoms with van der Waals surface area (Å²) in [5.41, 5.74) is 1.60. The maximum Gasteiger partial charge on any atom is 0.337 e. The minimum Gasteiger partial charge on any atom is -0.478 e. The summed E-state index contributed by atoms with van der Waals surface area (Å²) in [6.07, 6.45) is 3.58. The Balaban J connectivity index is 3.19. The molecule has 0 atom stereocenters. The minimum absolute atomic E-state index is 0.118. The molecule has 0 unspecified atom stereocenters. The van der Waals surface area contributed by atoms with Crippen LogP contribution in [-0.4, -0.2) is 34.0 Å². The Bertz CT molecular complexity index is 520. The molecule has 0 spiro atoms. The number of hydrogen-bond donors (Lipinski definition) is 1. The fourth-order valence-electron chi connectivity index (χ4n) is 2.01. The van der Waals surface area contributed by atoms with Gasteiger partial charge < -0.3 is 5.11 Å². The van der Waals surface area contributed by atoms with Crippen molar-refractivity contribution in [3.8, 4) is 0 Å². The molecule has 0 saturated heterocycles. The first-order valence-corrected chi connectivity index (χ1v) is 6.97. The molecule has 1 aromatic heterocycles. The number of hydrogen-bond acceptors (Lipinski definition) is 3. The van der Waals surface area contributed by atoms with Gasteiger partial charge in [-0.3, -0.25) is 9.88 Å². The standard InChI is InChI=1S/C17H24N2O2/c1-6-10-19(11-7-2)12-14-13(16(20)21)8-9-15(18-14)17(3,4)5/h6-9H,1-2,10-12H2,3-5H3,(H,20,21). The molecule has 1 heterocycles. The van der Waals surface area contributed by atoms with Gasteiger partial charge in [-0.05, 0) is 12.1 Å². The van der Waals surface area contributed by atoms with Crippen molar-refractivity contribution in [1.29, 1.82) is 0 Å². The largest absolute Gasteiger partial charge is 0.478 e. The normalized spacial score (nSPS) is 11.4. The van der Waals surface area contributed by atoms with Crippen molar-refractivity contribution in [2.24, 2.45) is 0 Å².